The van der Waals surface area contributed by atoms with Gasteiger partial charge in [-0.05, 0) is 47.7 Å². The van der Waals surface area contributed by atoms with Gasteiger partial charge in [0.15, 0.2) is 0 Å². The average molecular weight is 442 g/mol. The quantitative estimate of drug-likeness (QED) is 0.240. The number of hydrogen-bond acceptors (Lipinski definition) is 6. The minimum atomic E-state index is -1.00. The van der Waals surface area contributed by atoms with Gasteiger partial charge in [-0.15, -0.1) is 0 Å². The van der Waals surface area contributed by atoms with Gasteiger partial charge >= 0.3 is 6.09 Å². The number of nitrogens with zero attached hydrogens (tertiary/aromatic N) is 4. The molecule has 0 spiro atoms. The Bertz CT molecular complexity index is 1460. The molecule has 5 rings (SSSR count). The third-order valence-corrected chi connectivity index (χ3v) is 5.43. The smallest absolute Gasteiger partial charge is 0.404 e. The Balaban J connectivity index is 1.50. The van der Waals surface area contributed by atoms with E-state index >= 15 is 0 Å². The molecule has 33 heavy (non-hydrogen) atoms. The summed E-state index contributed by atoms with van der Waals surface area (Å²) in [6, 6.07) is 14.2. The molecule has 0 aliphatic carbocycles. The van der Waals surface area contributed by atoms with Crippen molar-refractivity contribution in [2.75, 3.05) is 17.6 Å². The number of aryl methyl sites for hydroxylation is 1. The van der Waals surface area contributed by atoms with Gasteiger partial charge in [0, 0.05) is 47.6 Å². The molecule has 1 amide bonds. The van der Waals surface area contributed by atoms with Crippen LogP contribution < -0.4 is 16.4 Å². The standard InChI is InChI=1S/C23H22N8O2/c24-22-25-7-4-20(29-22)28-17-10-16-13-27-30-21(16)18(12-17)15-3-2-14-5-9-31(19(14)11-15)8-1-6-26-23(32)33/h2-5,7,9-13,26H,1,6,8H2,(H,27,30)(H,32,33)(H3,24,25,28,29). The van der Waals surface area contributed by atoms with Crippen LogP contribution in [0.25, 0.3) is 32.9 Å². The first-order valence-corrected chi connectivity index (χ1v) is 10.5. The van der Waals surface area contributed by atoms with E-state index in [2.05, 4.69) is 59.6 Å². The highest BCUT2D eigenvalue weighted by atomic mass is 16.4. The maximum absolute atomic E-state index is 10.7. The van der Waals surface area contributed by atoms with Crippen molar-refractivity contribution in [1.82, 2.24) is 30.0 Å². The number of nitrogens with one attached hydrogen (secondary N) is 3. The van der Waals surface area contributed by atoms with Gasteiger partial charge in [-0.1, -0.05) is 12.1 Å². The molecule has 0 fully saturated rings. The van der Waals surface area contributed by atoms with Crippen LogP contribution in [0.3, 0.4) is 0 Å². The summed E-state index contributed by atoms with van der Waals surface area (Å²) >= 11 is 0. The monoisotopic (exact) mass is 442 g/mol. The highest BCUT2D eigenvalue weighted by Gasteiger charge is 2.11. The summed E-state index contributed by atoms with van der Waals surface area (Å²) in [4.78, 5) is 18.8. The van der Waals surface area contributed by atoms with Crippen molar-refractivity contribution >= 4 is 45.4 Å². The lowest BCUT2D eigenvalue weighted by molar-refractivity contribution is 0.194. The first-order valence-electron chi connectivity index (χ1n) is 10.5. The van der Waals surface area contributed by atoms with Crippen LogP contribution in [0.5, 0.6) is 0 Å². The van der Waals surface area contributed by atoms with Gasteiger partial charge in [0.25, 0.3) is 0 Å². The van der Waals surface area contributed by atoms with Gasteiger partial charge in [0.05, 0.1) is 11.7 Å². The molecule has 5 aromatic rings. The molecular formula is C23H22N8O2. The van der Waals surface area contributed by atoms with Crippen LogP contribution in [-0.2, 0) is 6.54 Å². The van der Waals surface area contributed by atoms with Crippen LogP contribution in [0, 0.1) is 0 Å². The van der Waals surface area contributed by atoms with E-state index in [1.807, 2.05) is 18.3 Å². The van der Waals surface area contributed by atoms with Crippen molar-refractivity contribution in [2.24, 2.45) is 0 Å². The summed E-state index contributed by atoms with van der Waals surface area (Å²) in [5.74, 6) is 0.810. The average Bonchev–Trinajstić information content (AvgIpc) is 3.42. The molecule has 0 radical (unpaired) electrons. The molecule has 0 aliphatic rings. The number of amides is 1. The van der Waals surface area contributed by atoms with Gasteiger partial charge in [-0.25, -0.2) is 9.78 Å². The zero-order chi connectivity index (χ0) is 22.8. The molecule has 10 heteroatoms. The van der Waals surface area contributed by atoms with Crippen molar-refractivity contribution in [3.63, 3.8) is 0 Å². The Morgan fingerprint density at radius 2 is 2.06 bits per heavy atom. The van der Waals surface area contributed by atoms with E-state index in [9.17, 15) is 4.79 Å². The van der Waals surface area contributed by atoms with E-state index in [1.54, 1.807) is 18.5 Å². The number of hydrogen-bond donors (Lipinski definition) is 5. The fourth-order valence-corrected chi connectivity index (χ4v) is 3.94. The lowest BCUT2D eigenvalue weighted by Crippen LogP contribution is -2.22. The number of anilines is 3. The third kappa shape index (κ3) is 4.26. The van der Waals surface area contributed by atoms with Crippen molar-refractivity contribution in [3.8, 4) is 11.1 Å². The Hall–Kier alpha value is -4.60. The van der Waals surface area contributed by atoms with Crippen LogP contribution in [0.1, 0.15) is 6.42 Å². The Labute approximate surface area is 188 Å². The van der Waals surface area contributed by atoms with Gasteiger partial charge in [-0.2, -0.15) is 10.1 Å². The predicted octanol–water partition coefficient (Wildman–Crippen LogP) is 3.96. The second-order valence-corrected chi connectivity index (χ2v) is 7.65. The number of carboxylic acid groups (broad SMARTS) is 1. The summed E-state index contributed by atoms with van der Waals surface area (Å²) in [6.07, 6.45) is 5.12. The number of benzene rings is 2. The summed E-state index contributed by atoms with van der Waals surface area (Å²) in [5, 5.41) is 23.9. The molecule has 0 unspecified atom stereocenters. The van der Waals surface area contributed by atoms with Crippen LogP contribution in [0.4, 0.5) is 22.2 Å². The first kappa shape index (κ1) is 20.3. The van der Waals surface area contributed by atoms with Crippen molar-refractivity contribution in [3.05, 3.63) is 61.1 Å². The number of nitrogen functional groups attached to an aromatic ring is 1. The number of aromatic nitrogens is 5. The maximum Gasteiger partial charge on any atom is 0.404 e. The second-order valence-electron chi connectivity index (χ2n) is 7.65. The molecule has 10 nitrogen and oxygen atoms in total. The molecule has 0 saturated carbocycles. The van der Waals surface area contributed by atoms with E-state index in [1.165, 1.54) is 0 Å². The molecule has 2 aromatic carbocycles. The summed E-state index contributed by atoms with van der Waals surface area (Å²) in [7, 11) is 0. The molecule has 0 saturated heterocycles. The van der Waals surface area contributed by atoms with Gasteiger partial charge in [0.2, 0.25) is 5.95 Å². The number of nitrogens with two attached hydrogens (primary N) is 1. The summed E-state index contributed by atoms with van der Waals surface area (Å²) < 4.78 is 2.14. The zero-order valence-corrected chi connectivity index (χ0v) is 17.6. The predicted molar refractivity (Wildman–Crippen MR) is 127 cm³/mol. The van der Waals surface area contributed by atoms with Crippen LogP contribution in [0.15, 0.2) is 61.1 Å². The molecule has 0 aliphatic heterocycles. The first-order chi connectivity index (χ1) is 16.1. The Morgan fingerprint density at radius 1 is 1.15 bits per heavy atom. The van der Waals surface area contributed by atoms with Crippen molar-refractivity contribution < 1.29 is 9.90 Å². The topological polar surface area (TPSA) is 147 Å². The zero-order valence-electron chi connectivity index (χ0n) is 17.6. The molecule has 0 atom stereocenters. The number of carbonyl (C=O) groups is 1. The molecule has 0 bridgehead atoms. The molecule has 6 N–H and O–H groups in total. The maximum atomic E-state index is 10.7. The van der Waals surface area contributed by atoms with Crippen molar-refractivity contribution in [1.29, 1.82) is 0 Å². The second kappa shape index (κ2) is 8.50. The summed E-state index contributed by atoms with van der Waals surface area (Å²) in [5.41, 5.74) is 10.6. The third-order valence-electron chi connectivity index (χ3n) is 5.43. The van der Waals surface area contributed by atoms with Crippen molar-refractivity contribution in [2.45, 2.75) is 13.0 Å². The fourth-order valence-electron chi connectivity index (χ4n) is 3.94. The Morgan fingerprint density at radius 3 is 2.91 bits per heavy atom. The van der Waals surface area contributed by atoms with Crippen LogP contribution in [0.2, 0.25) is 0 Å². The van der Waals surface area contributed by atoms with E-state index < -0.39 is 6.09 Å². The molecular weight excluding hydrogens is 420 g/mol. The van der Waals surface area contributed by atoms with E-state index in [4.69, 9.17) is 10.8 Å². The lowest BCUT2D eigenvalue weighted by Gasteiger charge is -2.11. The number of rotatable bonds is 7. The highest BCUT2D eigenvalue weighted by molar-refractivity contribution is 5.98. The fraction of sp³-hybridized carbons (Fsp3) is 0.130. The minimum Gasteiger partial charge on any atom is -0.465 e. The van der Waals surface area contributed by atoms with E-state index in [0.29, 0.717) is 25.3 Å². The molecule has 3 heterocycles. The minimum absolute atomic E-state index is 0.203. The molecule has 166 valence electrons. The highest BCUT2D eigenvalue weighted by Crippen LogP contribution is 2.33. The van der Waals surface area contributed by atoms with E-state index in [-0.39, 0.29) is 5.95 Å². The number of H-pyrrole nitrogens is 1. The van der Waals surface area contributed by atoms with Crippen LogP contribution >= 0.6 is 0 Å². The lowest BCUT2D eigenvalue weighted by atomic mass is 10.0. The normalized spacial score (nSPS) is 11.2. The van der Waals surface area contributed by atoms with Gasteiger partial charge in [0.1, 0.15) is 5.82 Å². The van der Waals surface area contributed by atoms with Crippen LogP contribution in [-0.4, -0.2) is 42.5 Å². The van der Waals surface area contributed by atoms with Gasteiger partial charge < -0.3 is 26.0 Å². The number of aromatic amines is 1. The molecule has 3 aromatic heterocycles. The largest absolute Gasteiger partial charge is 0.465 e. The van der Waals surface area contributed by atoms with E-state index in [0.717, 1.165) is 38.6 Å². The van der Waals surface area contributed by atoms with Gasteiger partial charge in [-0.3, -0.25) is 5.10 Å². The Kier molecular flexibility index (Phi) is 5.23. The SMILES string of the molecule is Nc1nccc(Nc2cc(-c3ccc4ccn(CCCNC(=O)O)c4c3)c3[nH]ncc3c2)n1. The number of fused-ring (bicyclic) bond motifs is 2. The summed E-state index contributed by atoms with van der Waals surface area (Å²) in [6.45, 7) is 1.12.